The fourth-order valence-electron chi connectivity index (χ4n) is 2.86. The molecule has 3 heterocycles. The molecular formula is C19H28N6O. The van der Waals surface area contributed by atoms with E-state index >= 15 is 0 Å². The SMILES string of the molecule is CCC(C)NC(=NCCc1ccco1)N1CCN(c2ncccn2)CC1. The molecule has 140 valence electrons. The van der Waals surface area contributed by atoms with E-state index in [-0.39, 0.29) is 0 Å². The van der Waals surface area contributed by atoms with Gasteiger partial charge in [-0.25, -0.2) is 9.97 Å². The largest absolute Gasteiger partial charge is 0.469 e. The molecule has 1 saturated heterocycles. The number of guanidine groups is 1. The summed E-state index contributed by atoms with van der Waals surface area (Å²) in [5, 5.41) is 3.57. The molecule has 26 heavy (non-hydrogen) atoms. The van der Waals surface area contributed by atoms with Crippen LogP contribution in [0.2, 0.25) is 0 Å². The minimum atomic E-state index is 0.396. The lowest BCUT2D eigenvalue weighted by Crippen LogP contribution is -2.54. The lowest BCUT2D eigenvalue weighted by atomic mass is 10.2. The maximum atomic E-state index is 5.40. The molecule has 2 aromatic heterocycles. The van der Waals surface area contributed by atoms with Gasteiger partial charge < -0.3 is 19.5 Å². The average Bonchev–Trinajstić information content (AvgIpc) is 3.21. The van der Waals surface area contributed by atoms with Gasteiger partial charge in [0.05, 0.1) is 6.26 Å². The number of furan rings is 1. The zero-order valence-electron chi connectivity index (χ0n) is 15.6. The Morgan fingerprint density at radius 3 is 2.65 bits per heavy atom. The predicted molar refractivity (Wildman–Crippen MR) is 103 cm³/mol. The Hall–Kier alpha value is -2.57. The van der Waals surface area contributed by atoms with Crippen LogP contribution in [-0.2, 0) is 6.42 Å². The highest BCUT2D eigenvalue weighted by atomic mass is 16.3. The normalized spacial score (nSPS) is 16.6. The molecule has 0 aliphatic carbocycles. The number of rotatable bonds is 6. The Bertz CT molecular complexity index is 665. The van der Waals surface area contributed by atoms with E-state index in [1.165, 1.54) is 0 Å². The summed E-state index contributed by atoms with van der Waals surface area (Å²) in [6.07, 6.45) is 7.18. The third kappa shape index (κ3) is 4.97. The Morgan fingerprint density at radius 2 is 2.00 bits per heavy atom. The van der Waals surface area contributed by atoms with Crippen molar-refractivity contribution in [1.29, 1.82) is 0 Å². The number of nitrogens with one attached hydrogen (secondary N) is 1. The number of aromatic nitrogens is 2. The third-order valence-electron chi connectivity index (χ3n) is 4.60. The second-order valence-electron chi connectivity index (χ2n) is 6.51. The summed E-state index contributed by atoms with van der Waals surface area (Å²) >= 11 is 0. The van der Waals surface area contributed by atoms with Crippen LogP contribution in [0, 0.1) is 0 Å². The van der Waals surface area contributed by atoms with Gasteiger partial charge in [-0.3, -0.25) is 4.99 Å². The number of nitrogens with zero attached hydrogens (tertiary/aromatic N) is 5. The van der Waals surface area contributed by atoms with Crippen molar-refractivity contribution in [1.82, 2.24) is 20.2 Å². The molecule has 0 radical (unpaired) electrons. The molecule has 0 saturated carbocycles. The van der Waals surface area contributed by atoms with Crippen LogP contribution in [-0.4, -0.2) is 59.6 Å². The van der Waals surface area contributed by atoms with Crippen molar-refractivity contribution in [3.8, 4) is 0 Å². The minimum absolute atomic E-state index is 0.396. The van der Waals surface area contributed by atoms with Crippen LogP contribution in [0.1, 0.15) is 26.0 Å². The van der Waals surface area contributed by atoms with Crippen LogP contribution in [0.4, 0.5) is 5.95 Å². The summed E-state index contributed by atoms with van der Waals surface area (Å²) in [7, 11) is 0. The van der Waals surface area contributed by atoms with Crippen molar-refractivity contribution >= 4 is 11.9 Å². The van der Waals surface area contributed by atoms with E-state index in [1.54, 1.807) is 18.7 Å². The Balaban J connectivity index is 1.59. The topological polar surface area (TPSA) is 69.8 Å². The standard InChI is InChI=1S/C19H28N6O/c1-3-16(2)23-19(22-10-7-17-6-4-15-26-17)25-13-11-24(12-14-25)18-20-8-5-9-21-18/h4-6,8-9,15-16H,3,7,10-14H2,1-2H3,(H,22,23). The molecule has 0 spiro atoms. The molecule has 2 aromatic rings. The predicted octanol–water partition coefficient (Wildman–Crippen LogP) is 2.18. The lowest BCUT2D eigenvalue weighted by molar-refractivity contribution is 0.363. The summed E-state index contributed by atoms with van der Waals surface area (Å²) in [6, 6.07) is 6.16. The maximum Gasteiger partial charge on any atom is 0.225 e. The van der Waals surface area contributed by atoms with Gasteiger partial charge in [-0.05, 0) is 31.5 Å². The zero-order chi connectivity index (χ0) is 18.2. The van der Waals surface area contributed by atoms with E-state index in [0.29, 0.717) is 12.6 Å². The van der Waals surface area contributed by atoms with Gasteiger partial charge in [0.1, 0.15) is 5.76 Å². The molecular weight excluding hydrogens is 328 g/mol. The summed E-state index contributed by atoms with van der Waals surface area (Å²) < 4.78 is 5.40. The second kappa shape index (κ2) is 9.22. The summed E-state index contributed by atoms with van der Waals surface area (Å²) in [6.45, 7) is 8.68. The molecule has 1 unspecified atom stereocenters. The molecule has 1 aliphatic heterocycles. The van der Waals surface area contributed by atoms with Crippen LogP contribution in [0.25, 0.3) is 0 Å². The molecule has 7 nitrogen and oxygen atoms in total. The maximum absolute atomic E-state index is 5.40. The Labute approximate surface area is 155 Å². The highest BCUT2D eigenvalue weighted by Crippen LogP contribution is 2.10. The van der Waals surface area contributed by atoms with E-state index in [4.69, 9.17) is 9.41 Å². The van der Waals surface area contributed by atoms with Gasteiger partial charge in [0, 0.05) is 57.6 Å². The van der Waals surface area contributed by atoms with Crippen molar-refractivity contribution in [2.24, 2.45) is 4.99 Å². The Morgan fingerprint density at radius 1 is 1.23 bits per heavy atom. The fraction of sp³-hybridized carbons (Fsp3) is 0.526. The fourth-order valence-corrected chi connectivity index (χ4v) is 2.86. The third-order valence-corrected chi connectivity index (χ3v) is 4.60. The number of aliphatic imine (C=N–C) groups is 1. The van der Waals surface area contributed by atoms with Gasteiger partial charge in [-0.2, -0.15) is 0 Å². The lowest BCUT2D eigenvalue weighted by Gasteiger charge is -2.37. The second-order valence-corrected chi connectivity index (χ2v) is 6.51. The van der Waals surface area contributed by atoms with Crippen LogP contribution in [0.3, 0.4) is 0 Å². The number of hydrogen-bond donors (Lipinski definition) is 1. The van der Waals surface area contributed by atoms with Gasteiger partial charge in [-0.1, -0.05) is 6.92 Å². The van der Waals surface area contributed by atoms with Crippen LogP contribution >= 0.6 is 0 Å². The quantitative estimate of drug-likeness (QED) is 0.632. The molecule has 0 bridgehead atoms. The smallest absolute Gasteiger partial charge is 0.225 e. The molecule has 1 fully saturated rings. The van der Waals surface area contributed by atoms with Crippen molar-refractivity contribution in [2.45, 2.75) is 32.7 Å². The molecule has 0 aromatic carbocycles. The molecule has 3 rings (SSSR count). The highest BCUT2D eigenvalue weighted by molar-refractivity contribution is 5.80. The number of hydrogen-bond acceptors (Lipinski definition) is 5. The van der Waals surface area contributed by atoms with Crippen LogP contribution in [0.5, 0.6) is 0 Å². The van der Waals surface area contributed by atoms with E-state index in [2.05, 4.69) is 38.9 Å². The van der Waals surface area contributed by atoms with Gasteiger partial charge in [0.15, 0.2) is 5.96 Å². The summed E-state index contributed by atoms with van der Waals surface area (Å²) in [5.41, 5.74) is 0. The van der Waals surface area contributed by atoms with Crippen molar-refractivity contribution in [3.05, 3.63) is 42.6 Å². The highest BCUT2D eigenvalue weighted by Gasteiger charge is 2.21. The van der Waals surface area contributed by atoms with E-state index in [9.17, 15) is 0 Å². The molecule has 1 N–H and O–H groups in total. The van der Waals surface area contributed by atoms with E-state index in [0.717, 1.165) is 56.7 Å². The van der Waals surface area contributed by atoms with Crippen molar-refractivity contribution in [2.75, 3.05) is 37.6 Å². The van der Waals surface area contributed by atoms with Crippen LogP contribution in [0.15, 0.2) is 46.3 Å². The first kappa shape index (κ1) is 18.2. The van der Waals surface area contributed by atoms with E-state index in [1.807, 2.05) is 18.2 Å². The van der Waals surface area contributed by atoms with Crippen LogP contribution < -0.4 is 10.2 Å². The summed E-state index contributed by atoms with van der Waals surface area (Å²) in [5.74, 6) is 2.76. The molecule has 1 aliphatic rings. The van der Waals surface area contributed by atoms with Gasteiger partial charge >= 0.3 is 0 Å². The molecule has 7 heteroatoms. The first-order valence-electron chi connectivity index (χ1n) is 9.36. The van der Waals surface area contributed by atoms with Gasteiger partial charge in [-0.15, -0.1) is 0 Å². The van der Waals surface area contributed by atoms with E-state index < -0.39 is 0 Å². The monoisotopic (exact) mass is 356 g/mol. The van der Waals surface area contributed by atoms with Crippen molar-refractivity contribution in [3.63, 3.8) is 0 Å². The van der Waals surface area contributed by atoms with Crippen molar-refractivity contribution < 1.29 is 4.42 Å². The molecule has 0 amide bonds. The average molecular weight is 356 g/mol. The van der Waals surface area contributed by atoms with Gasteiger partial charge in [0.25, 0.3) is 0 Å². The minimum Gasteiger partial charge on any atom is -0.469 e. The van der Waals surface area contributed by atoms with Gasteiger partial charge in [0.2, 0.25) is 5.95 Å². The first-order chi connectivity index (χ1) is 12.8. The summed E-state index contributed by atoms with van der Waals surface area (Å²) in [4.78, 5) is 18.1. The molecule has 1 atom stereocenters. The Kier molecular flexibility index (Phi) is 6.46. The number of piperazine rings is 1. The number of anilines is 1. The first-order valence-corrected chi connectivity index (χ1v) is 9.36. The zero-order valence-corrected chi connectivity index (χ0v) is 15.6.